The van der Waals surface area contributed by atoms with Gasteiger partial charge in [-0.1, -0.05) is 24.3 Å². The van der Waals surface area contributed by atoms with Crippen LogP contribution in [0.15, 0.2) is 42.6 Å². The van der Waals surface area contributed by atoms with Crippen molar-refractivity contribution in [1.82, 2.24) is 4.98 Å². The van der Waals surface area contributed by atoms with Crippen molar-refractivity contribution >= 4 is 11.5 Å². The van der Waals surface area contributed by atoms with Crippen molar-refractivity contribution in [3.63, 3.8) is 0 Å². The van der Waals surface area contributed by atoms with E-state index in [9.17, 15) is 0 Å². The summed E-state index contributed by atoms with van der Waals surface area (Å²) in [4.78, 5) is 9.32. The molecule has 0 atom stereocenters. The van der Waals surface area contributed by atoms with Gasteiger partial charge in [0, 0.05) is 50.2 Å². The quantitative estimate of drug-likeness (QED) is 0.937. The Kier molecular flexibility index (Phi) is 4.06. The zero-order valence-corrected chi connectivity index (χ0v) is 12.5. The lowest BCUT2D eigenvalue weighted by molar-refractivity contribution is 0.643. The normalized spacial score (nSPS) is 15.3. The molecule has 4 heteroatoms. The van der Waals surface area contributed by atoms with Crippen LogP contribution in [0.5, 0.6) is 0 Å². The Bertz CT molecular complexity index is 603. The zero-order chi connectivity index (χ0) is 14.7. The van der Waals surface area contributed by atoms with Crippen LogP contribution in [-0.4, -0.2) is 31.2 Å². The van der Waals surface area contributed by atoms with E-state index in [1.807, 2.05) is 12.3 Å². The highest BCUT2D eigenvalue weighted by Gasteiger charge is 2.20. The van der Waals surface area contributed by atoms with Gasteiger partial charge in [0.25, 0.3) is 0 Å². The van der Waals surface area contributed by atoms with E-state index in [2.05, 4.69) is 52.0 Å². The Labute approximate surface area is 126 Å². The van der Waals surface area contributed by atoms with E-state index in [4.69, 9.17) is 5.73 Å². The van der Waals surface area contributed by atoms with Crippen molar-refractivity contribution in [1.29, 1.82) is 0 Å². The van der Waals surface area contributed by atoms with Crippen LogP contribution in [0.4, 0.5) is 11.5 Å². The highest BCUT2D eigenvalue weighted by atomic mass is 15.3. The van der Waals surface area contributed by atoms with E-state index in [-0.39, 0.29) is 0 Å². The average molecular weight is 282 g/mol. The smallest absolute Gasteiger partial charge is 0.133 e. The van der Waals surface area contributed by atoms with Gasteiger partial charge in [0.05, 0.1) is 0 Å². The van der Waals surface area contributed by atoms with E-state index >= 15 is 0 Å². The van der Waals surface area contributed by atoms with Crippen molar-refractivity contribution in [2.75, 3.05) is 36.0 Å². The number of rotatable bonds is 3. The average Bonchev–Trinajstić information content (AvgIpc) is 2.55. The van der Waals surface area contributed by atoms with E-state index in [0.717, 1.165) is 37.6 Å². The molecule has 1 aliphatic rings. The molecule has 2 N–H and O–H groups in total. The van der Waals surface area contributed by atoms with Gasteiger partial charge in [-0.05, 0) is 24.6 Å². The fourth-order valence-electron chi connectivity index (χ4n) is 2.95. The first-order chi connectivity index (χ1) is 10.3. The molecular weight excluding hydrogens is 260 g/mol. The summed E-state index contributed by atoms with van der Waals surface area (Å²) in [5, 5.41) is 0. The zero-order valence-electron chi connectivity index (χ0n) is 12.5. The fraction of sp³-hybridized carbons (Fsp3) is 0.353. The molecule has 2 heterocycles. The highest BCUT2D eigenvalue weighted by molar-refractivity contribution is 5.55. The Morgan fingerprint density at radius 2 is 1.71 bits per heavy atom. The van der Waals surface area contributed by atoms with Gasteiger partial charge in [-0.2, -0.15) is 0 Å². The molecule has 21 heavy (non-hydrogen) atoms. The Hall–Kier alpha value is -2.07. The number of benzene rings is 1. The first-order valence-electron chi connectivity index (χ1n) is 7.49. The molecule has 1 saturated heterocycles. The molecular formula is C17H22N4. The molecule has 3 rings (SSSR count). The maximum Gasteiger partial charge on any atom is 0.133 e. The second-order valence-corrected chi connectivity index (χ2v) is 5.45. The number of aryl methyl sites for hydroxylation is 1. The van der Waals surface area contributed by atoms with Gasteiger partial charge in [-0.3, -0.25) is 0 Å². The van der Waals surface area contributed by atoms with E-state index in [1.165, 1.54) is 11.3 Å². The van der Waals surface area contributed by atoms with Crippen LogP contribution in [-0.2, 0) is 6.54 Å². The SMILES string of the molecule is Cc1ccccc1N1CCN(c2ncccc2CN)CC1. The predicted molar refractivity (Wildman–Crippen MR) is 87.7 cm³/mol. The molecule has 110 valence electrons. The van der Waals surface area contributed by atoms with Crippen LogP contribution in [0.2, 0.25) is 0 Å². The molecule has 0 unspecified atom stereocenters. The topological polar surface area (TPSA) is 45.4 Å². The van der Waals surface area contributed by atoms with Crippen molar-refractivity contribution in [2.24, 2.45) is 5.73 Å². The van der Waals surface area contributed by atoms with Gasteiger partial charge in [-0.25, -0.2) is 4.98 Å². The van der Waals surface area contributed by atoms with Gasteiger partial charge in [-0.15, -0.1) is 0 Å². The lowest BCUT2D eigenvalue weighted by Crippen LogP contribution is -2.47. The molecule has 0 aliphatic carbocycles. The van der Waals surface area contributed by atoms with Crippen LogP contribution in [0, 0.1) is 6.92 Å². The third-order valence-corrected chi connectivity index (χ3v) is 4.12. The molecule has 1 aromatic carbocycles. The Morgan fingerprint density at radius 3 is 2.43 bits per heavy atom. The molecule has 0 radical (unpaired) electrons. The lowest BCUT2D eigenvalue weighted by Gasteiger charge is -2.38. The molecule has 1 fully saturated rings. The lowest BCUT2D eigenvalue weighted by atomic mass is 10.1. The van der Waals surface area contributed by atoms with Crippen LogP contribution in [0.1, 0.15) is 11.1 Å². The minimum absolute atomic E-state index is 0.543. The van der Waals surface area contributed by atoms with Gasteiger partial charge in [0.1, 0.15) is 5.82 Å². The molecule has 4 nitrogen and oxygen atoms in total. The summed E-state index contributed by atoms with van der Waals surface area (Å²) < 4.78 is 0. The van der Waals surface area contributed by atoms with E-state index in [1.54, 1.807) is 0 Å². The van der Waals surface area contributed by atoms with Gasteiger partial charge in [0.2, 0.25) is 0 Å². The van der Waals surface area contributed by atoms with Gasteiger partial charge < -0.3 is 15.5 Å². The summed E-state index contributed by atoms with van der Waals surface area (Å²) in [7, 11) is 0. The number of hydrogen-bond acceptors (Lipinski definition) is 4. The molecule has 0 bridgehead atoms. The standard InChI is InChI=1S/C17H22N4/c1-14-5-2-3-7-16(14)20-9-11-21(12-10-20)17-15(13-18)6-4-8-19-17/h2-8H,9-13,18H2,1H3. The van der Waals surface area contributed by atoms with Gasteiger partial charge >= 0.3 is 0 Å². The van der Waals surface area contributed by atoms with Crippen LogP contribution in [0.25, 0.3) is 0 Å². The first kappa shape index (κ1) is 13.9. The highest BCUT2D eigenvalue weighted by Crippen LogP contribution is 2.23. The number of pyridine rings is 1. The summed E-state index contributed by atoms with van der Waals surface area (Å²) >= 11 is 0. The van der Waals surface area contributed by atoms with Crippen LogP contribution < -0.4 is 15.5 Å². The third-order valence-electron chi connectivity index (χ3n) is 4.12. The second-order valence-electron chi connectivity index (χ2n) is 5.45. The summed E-state index contributed by atoms with van der Waals surface area (Å²) in [5.74, 6) is 1.05. The number of hydrogen-bond donors (Lipinski definition) is 1. The molecule has 0 spiro atoms. The molecule has 0 saturated carbocycles. The number of nitrogens with two attached hydrogens (primary N) is 1. The number of para-hydroxylation sites is 1. The van der Waals surface area contributed by atoms with Crippen molar-refractivity contribution in [2.45, 2.75) is 13.5 Å². The molecule has 1 aliphatic heterocycles. The number of aromatic nitrogens is 1. The number of piperazine rings is 1. The minimum Gasteiger partial charge on any atom is -0.368 e. The molecule has 1 aromatic heterocycles. The maximum atomic E-state index is 5.82. The second kappa shape index (κ2) is 6.14. The largest absolute Gasteiger partial charge is 0.368 e. The maximum absolute atomic E-state index is 5.82. The predicted octanol–water partition coefficient (Wildman–Crippen LogP) is 2.18. The molecule has 0 amide bonds. The minimum atomic E-state index is 0.543. The van der Waals surface area contributed by atoms with Gasteiger partial charge in [0.15, 0.2) is 0 Å². The van der Waals surface area contributed by atoms with Crippen molar-refractivity contribution in [3.05, 3.63) is 53.7 Å². The van der Waals surface area contributed by atoms with Crippen molar-refractivity contribution in [3.8, 4) is 0 Å². The number of nitrogens with zero attached hydrogens (tertiary/aromatic N) is 3. The van der Waals surface area contributed by atoms with Crippen molar-refractivity contribution < 1.29 is 0 Å². The summed E-state index contributed by atoms with van der Waals surface area (Å²) in [6.45, 7) is 6.72. The molecule has 2 aromatic rings. The number of anilines is 2. The first-order valence-corrected chi connectivity index (χ1v) is 7.49. The van der Waals surface area contributed by atoms with E-state index < -0.39 is 0 Å². The van der Waals surface area contributed by atoms with Crippen LogP contribution in [0.3, 0.4) is 0 Å². The summed E-state index contributed by atoms with van der Waals surface area (Å²) in [6.07, 6.45) is 1.85. The Balaban J connectivity index is 1.72. The summed E-state index contributed by atoms with van der Waals surface area (Å²) in [5.41, 5.74) is 9.63. The Morgan fingerprint density at radius 1 is 1.00 bits per heavy atom. The fourth-order valence-corrected chi connectivity index (χ4v) is 2.95. The third kappa shape index (κ3) is 2.85. The van der Waals surface area contributed by atoms with E-state index in [0.29, 0.717) is 6.54 Å². The monoisotopic (exact) mass is 282 g/mol. The van der Waals surface area contributed by atoms with Crippen LogP contribution >= 0.6 is 0 Å². The summed E-state index contributed by atoms with van der Waals surface area (Å²) in [6, 6.07) is 12.6.